The molecule has 0 radical (unpaired) electrons. The molecule has 3 aromatic rings. The molecule has 0 saturated heterocycles. The Hall–Kier alpha value is -2.37. The molecular formula is C25H32ClN5. The summed E-state index contributed by atoms with van der Waals surface area (Å²) in [7, 11) is 4.06. The van der Waals surface area contributed by atoms with Crippen LogP contribution in [0.4, 0.5) is 11.8 Å². The molecule has 6 heteroatoms. The zero-order valence-electron chi connectivity index (χ0n) is 18.4. The first-order chi connectivity index (χ1) is 15.1. The van der Waals surface area contributed by atoms with Crippen LogP contribution >= 0.6 is 11.6 Å². The van der Waals surface area contributed by atoms with E-state index in [1.807, 2.05) is 38.4 Å². The van der Waals surface area contributed by atoms with Crippen LogP contribution in [0.2, 0.25) is 5.02 Å². The molecule has 1 saturated carbocycles. The van der Waals surface area contributed by atoms with E-state index in [1.54, 1.807) is 0 Å². The molecule has 31 heavy (non-hydrogen) atoms. The van der Waals surface area contributed by atoms with E-state index >= 15 is 0 Å². The monoisotopic (exact) mass is 437 g/mol. The maximum Gasteiger partial charge on any atom is 0.225 e. The Morgan fingerprint density at radius 2 is 1.81 bits per heavy atom. The summed E-state index contributed by atoms with van der Waals surface area (Å²) in [4.78, 5) is 11.6. The second-order valence-corrected chi connectivity index (χ2v) is 9.16. The summed E-state index contributed by atoms with van der Waals surface area (Å²) in [5, 5.41) is 9.14. The van der Waals surface area contributed by atoms with Gasteiger partial charge in [-0.15, -0.1) is 0 Å². The number of nitrogens with one attached hydrogen (secondary N) is 2. The Labute approximate surface area is 190 Å². The van der Waals surface area contributed by atoms with Crippen molar-refractivity contribution in [3.63, 3.8) is 0 Å². The lowest BCUT2D eigenvalue weighted by Gasteiger charge is -2.29. The fraction of sp³-hybridized carbons (Fsp3) is 0.440. The van der Waals surface area contributed by atoms with Crippen molar-refractivity contribution >= 4 is 34.3 Å². The molecule has 5 nitrogen and oxygen atoms in total. The number of rotatable bonds is 8. The third-order valence-corrected chi connectivity index (χ3v) is 6.33. The number of halogens is 1. The summed E-state index contributed by atoms with van der Waals surface area (Å²) < 4.78 is 0. The summed E-state index contributed by atoms with van der Waals surface area (Å²) in [5.74, 6) is 2.45. The average molecular weight is 438 g/mol. The van der Waals surface area contributed by atoms with Gasteiger partial charge in [-0.3, -0.25) is 0 Å². The Morgan fingerprint density at radius 3 is 2.58 bits per heavy atom. The molecule has 2 N–H and O–H groups in total. The highest BCUT2D eigenvalue weighted by atomic mass is 35.5. The van der Waals surface area contributed by atoms with Crippen molar-refractivity contribution in [2.75, 3.05) is 37.4 Å². The van der Waals surface area contributed by atoms with Gasteiger partial charge in [0.15, 0.2) is 0 Å². The van der Waals surface area contributed by atoms with Crippen molar-refractivity contribution in [2.45, 2.75) is 38.1 Å². The minimum absolute atomic E-state index is 0.443. The summed E-state index contributed by atoms with van der Waals surface area (Å²) in [5.41, 5.74) is 2.28. The van der Waals surface area contributed by atoms with Gasteiger partial charge in [-0.2, -0.15) is 4.98 Å². The van der Waals surface area contributed by atoms with Crippen molar-refractivity contribution in [1.82, 2.24) is 15.3 Å². The number of benzene rings is 2. The molecular weight excluding hydrogens is 406 g/mol. The highest BCUT2D eigenvalue weighted by Gasteiger charge is 2.22. The zero-order valence-corrected chi connectivity index (χ0v) is 19.2. The fourth-order valence-electron chi connectivity index (χ4n) is 4.39. The van der Waals surface area contributed by atoms with Gasteiger partial charge in [0.05, 0.1) is 5.52 Å². The van der Waals surface area contributed by atoms with Crippen LogP contribution in [0.25, 0.3) is 10.9 Å². The summed E-state index contributed by atoms with van der Waals surface area (Å²) in [6.07, 6.45) is 5.80. The average Bonchev–Trinajstić information content (AvgIpc) is 2.77. The van der Waals surface area contributed by atoms with E-state index in [1.165, 1.54) is 18.4 Å². The van der Waals surface area contributed by atoms with Crippen molar-refractivity contribution in [3.05, 3.63) is 59.1 Å². The van der Waals surface area contributed by atoms with Crippen LogP contribution in [0.1, 0.15) is 31.2 Å². The number of hydrogen-bond donors (Lipinski definition) is 2. The molecule has 2 aromatic carbocycles. The van der Waals surface area contributed by atoms with Crippen LogP contribution in [0.5, 0.6) is 0 Å². The van der Waals surface area contributed by atoms with Crippen LogP contribution < -0.4 is 15.5 Å². The normalized spacial score (nSPS) is 18.8. The minimum atomic E-state index is 0.443. The van der Waals surface area contributed by atoms with Gasteiger partial charge in [-0.05, 0) is 80.9 Å². The number of anilines is 2. The standard InChI is InChI=1S/C25H32ClN5/c1-31(2)24-22-8-3-4-9-23(22)29-25(30-24)28-21-12-10-19(11-13-21)17-27-15-14-18-6-5-7-20(26)16-18/h3-9,16,19,21,27H,10-15,17H2,1-2H3,(H,28,29,30). The maximum absolute atomic E-state index is 6.07. The zero-order chi connectivity index (χ0) is 21.6. The Kier molecular flexibility index (Phi) is 7.25. The molecule has 1 aliphatic carbocycles. The molecule has 0 bridgehead atoms. The molecule has 1 aliphatic rings. The number of hydrogen-bond acceptors (Lipinski definition) is 5. The quantitative estimate of drug-likeness (QED) is 0.477. The first-order valence-corrected chi connectivity index (χ1v) is 11.6. The molecule has 0 amide bonds. The Bertz CT molecular complexity index is 998. The second kappa shape index (κ2) is 10.3. The van der Waals surface area contributed by atoms with E-state index in [9.17, 15) is 0 Å². The van der Waals surface area contributed by atoms with E-state index in [0.29, 0.717) is 6.04 Å². The first kappa shape index (κ1) is 21.8. The van der Waals surface area contributed by atoms with Crippen LogP contribution in [0, 0.1) is 5.92 Å². The number of nitrogens with zero attached hydrogens (tertiary/aromatic N) is 3. The molecule has 4 rings (SSSR count). The van der Waals surface area contributed by atoms with Gasteiger partial charge < -0.3 is 15.5 Å². The van der Waals surface area contributed by atoms with E-state index in [-0.39, 0.29) is 0 Å². The van der Waals surface area contributed by atoms with Gasteiger partial charge in [0.25, 0.3) is 0 Å². The molecule has 1 heterocycles. The topological polar surface area (TPSA) is 53.1 Å². The van der Waals surface area contributed by atoms with Crippen molar-refractivity contribution in [1.29, 1.82) is 0 Å². The first-order valence-electron chi connectivity index (χ1n) is 11.2. The molecule has 164 valence electrons. The van der Waals surface area contributed by atoms with Gasteiger partial charge in [-0.1, -0.05) is 35.9 Å². The van der Waals surface area contributed by atoms with Gasteiger partial charge in [0.1, 0.15) is 5.82 Å². The Balaban J connectivity index is 1.25. The summed E-state index contributed by atoms with van der Waals surface area (Å²) in [6, 6.07) is 16.8. The largest absolute Gasteiger partial charge is 0.362 e. The van der Waals surface area contributed by atoms with Crippen molar-refractivity contribution < 1.29 is 0 Å². The van der Waals surface area contributed by atoms with Crippen molar-refractivity contribution in [2.24, 2.45) is 5.92 Å². The predicted octanol–water partition coefficient (Wildman–Crippen LogP) is 5.15. The predicted molar refractivity (Wildman–Crippen MR) is 131 cm³/mol. The van der Waals surface area contributed by atoms with E-state index in [0.717, 1.165) is 66.0 Å². The second-order valence-electron chi connectivity index (χ2n) is 8.73. The maximum atomic E-state index is 6.07. The lowest BCUT2D eigenvalue weighted by atomic mass is 9.86. The molecule has 1 aromatic heterocycles. The molecule has 0 spiro atoms. The third kappa shape index (κ3) is 5.86. The van der Waals surface area contributed by atoms with Gasteiger partial charge >= 0.3 is 0 Å². The lowest BCUT2D eigenvalue weighted by Crippen LogP contribution is -2.32. The van der Waals surface area contributed by atoms with Crippen LogP contribution in [-0.2, 0) is 6.42 Å². The minimum Gasteiger partial charge on any atom is -0.362 e. The van der Waals surface area contributed by atoms with E-state index in [4.69, 9.17) is 21.6 Å². The van der Waals surface area contributed by atoms with Crippen LogP contribution in [0.3, 0.4) is 0 Å². The van der Waals surface area contributed by atoms with E-state index < -0.39 is 0 Å². The SMILES string of the molecule is CN(C)c1nc(NC2CCC(CNCCc3cccc(Cl)c3)CC2)nc2ccccc12. The van der Waals surface area contributed by atoms with E-state index in [2.05, 4.69) is 39.8 Å². The number of fused-ring (bicyclic) bond motifs is 1. The molecule has 0 aliphatic heterocycles. The van der Waals surface area contributed by atoms with Crippen LogP contribution in [-0.4, -0.2) is 43.2 Å². The van der Waals surface area contributed by atoms with Crippen LogP contribution in [0.15, 0.2) is 48.5 Å². The van der Waals surface area contributed by atoms with Gasteiger partial charge in [-0.25, -0.2) is 4.98 Å². The molecule has 1 fully saturated rings. The van der Waals surface area contributed by atoms with Gasteiger partial charge in [0.2, 0.25) is 5.95 Å². The third-order valence-electron chi connectivity index (χ3n) is 6.10. The number of aromatic nitrogens is 2. The van der Waals surface area contributed by atoms with Gasteiger partial charge in [0, 0.05) is 30.5 Å². The highest BCUT2D eigenvalue weighted by Crippen LogP contribution is 2.28. The highest BCUT2D eigenvalue weighted by molar-refractivity contribution is 6.30. The Morgan fingerprint density at radius 1 is 1.00 bits per heavy atom. The summed E-state index contributed by atoms with van der Waals surface area (Å²) >= 11 is 6.07. The summed E-state index contributed by atoms with van der Waals surface area (Å²) in [6.45, 7) is 2.08. The van der Waals surface area contributed by atoms with Crippen molar-refractivity contribution in [3.8, 4) is 0 Å². The number of para-hydroxylation sites is 1. The smallest absolute Gasteiger partial charge is 0.225 e. The fourth-order valence-corrected chi connectivity index (χ4v) is 4.60. The molecule has 0 atom stereocenters. The lowest BCUT2D eigenvalue weighted by molar-refractivity contribution is 0.325. The molecule has 0 unspecified atom stereocenters.